The summed E-state index contributed by atoms with van der Waals surface area (Å²) in [5.74, 6) is 0.995. The van der Waals surface area contributed by atoms with E-state index in [1.165, 1.54) is 23.9 Å². The van der Waals surface area contributed by atoms with Crippen LogP contribution in [0.1, 0.15) is 19.3 Å². The first-order valence-electron chi connectivity index (χ1n) is 7.68. The normalized spacial score (nSPS) is 18.0. The molecule has 2 rings (SSSR count). The molecule has 0 aromatic heterocycles. The summed E-state index contributed by atoms with van der Waals surface area (Å²) in [5, 5.41) is 5.56. The maximum atomic E-state index is 12.7. The number of hydrogen-bond donors (Lipinski definition) is 2. The molecule has 0 radical (unpaired) electrons. The lowest BCUT2D eigenvalue weighted by Crippen LogP contribution is -2.46. The van der Waals surface area contributed by atoms with Crippen molar-refractivity contribution in [3.05, 3.63) is 30.1 Å². The number of thioether (sulfide) groups is 1. The topological polar surface area (TPSA) is 67.4 Å². The van der Waals surface area contributed by atoms with E-state index in [0.29, 0.717) is 31.1 Å². The number of carbonyl (C=O) groups excluding carboxylic acids is 2. The Hall–Kier alpha value is -1.76. The summed E-state index contributed by atoms with van der Waals surface area (Å²) in [5.41, 5.74) is 0. The van der Waals surface area contributed by atoms with E-state index in [4.69, 9.17) is 4.74 Å². The van der Waals surface area contributed by atoms with E-state index in [1.807, 2.05) is 0 Å². The lowest BCUT2D eigenvalue weighted by molar-refractivity contribution is -0.127. The predicted molar refractivity (Wildman–Crippen MR) is 88.0 cm³/mol. The summed E-state index contributed by atoms with van der Waals surface area (Å²) in [7, 11) is 0. The molecule has 23 heavy (non-hydrogen) atoms. The van der Waals surface area contributed by atoms with Gasteiger partial charge in [0.2, 0.25) is 11.8 Å². The molecular formula is C16H21FN2O3S. The molecule has 1 aliphatic heterocycles. The van der Waals surface area contributed by atoms with E-state index in [0.717, 1.165) is 12.8 Å². The maximum Gasteiger partial charge on any atom is 0.242 e. The van der Waals surface area contributed by atoms with Crippen LogP contribution in [0.3, 0.4) is 0 Å². The number of nitrogens with one attached hydrogen (secondary N) is 2. The molecule has 1 saturated heterocycles. The van der Waals surface area contributed by atoms with Gasteiger partial charge in [0.1, 0.15) is 17.6 Å². The number of carbonyl (C=O) groups is 2. The van der Waals surface area contributed by atoms with Crippen molar-refractivity contribution in [2.75, 3.05) is 24.7 Å². The van der Waals surface area contributed by atoms with E-state index in [-0.39, 0.29) is 23.4 Å². The molecule has 7 heteroatoms. The summed E-state index contributed by atoms with van der Waals surface area (Å²) in [6, 6.07) is 5.40. The van der Waals surface area contributed by atoms with Crippen LogP contribution in [0, 0.1) is 5.82 Å². The van der Waals surface area contributed by atoms with Gasteiger partial charge in [0.25, 0.3) is 0 Å². The second-order valence-electron chi connectivity index (χ2n) is 5.26. The Morgan fingerprint density at radius 1 is 1.35 bits per heavy atom. The Morgan fingerprint density at radius 3 is 2.91 bits per heavy atom. The van der Waals surface area contributed by atoms with Gasteiger partial charge in [-0.05, 0) is 43.5 Å². The van der Waals surface area contributed by atoms with Crippen LogP contribution >= 0.6 is 11.8 Å². The van der Waals surface area contributed by atoms with E-state index < -0.39 is 6.04 Å². The first-order chi connectivity index (χ1) is 11.1. The Kier molecular flexibility index (Phi) is 7.19. The molecule has 0 spiro atoms. The van der Waals surface area contributed by atoms with Gasteiger partial charge in [-0.2, -0.15) is 0 Å². The second-order valence-corrected chi connectivity index (χ2v) is 6.37. The SMILES string of the molecule is O=C(CSCCOc1ccc(F)cc1)N[C@H]1CCCCNC1=O. The number of halogens is 1. The number of benzene rings is 1. The number of ether oxygens (including phenoxy) is 1. The molecule has 1 heterocycles. The van der Waals surface area contributed by atoms with Gasteiger partial charge in [0.05, 0.1) is 12.4 Å². The van der Waals surface area contributed by atoms with Crippen LogP contribution in [0.5, 0.6) is 5.75 Å². The summed E-state index contributed by atoms with van der Waals surface area (Å²) >= 11 is 1.44. The van der Waals surface area contributed by atoms with Gasteiger partial charge in [-0.25, -0.2) is 4.39 Å². The van der Waals surface area contributed by atoms with Gasteiger partial charge in [0.15, 0.2) is 0 Å². The average molecular weight is 340 g/mol. The van der Waals surface area contributed by atoms with Gasteiger partial charge in [-0.15, -0.1) is 11.8 Å². The molecule has 1 fully saturated rings. The van der Waals surface area contributed by atoms with Gasteiger partial charge in [-0.1, -0.05) is 0 Å². The summed E-state index contributed by atoms with van der Waals surface area (Å²) in [6.07, 6.45) is 2.58. The zero-order chi connectivity index (χ0) is 16.5. The summed E-state index contributed by atoms with van der Waals surface area (Å²) in [4.78, 5) is 23.6. The van der Waals surface area contributed by atoms with Crippen LogP contribution in [0.25, 0.3) is 0 Å². The van der Waals surface area contributed by atoms with Gasteiger partial charge < -0.3 is 15.4 Å². The molecule has 0 unspecified atom stereocenters. The highest BCUT2D eigenvalue weighted by Gasteiger charge is 2.21. The van der Waals surface area contributed by atoms with Crippen molar-refractivity contribution >= 4 is 23.6 Å². The Labute approximate surface area is 139 Å². The third kappa shape index (κ3) is 6.48. The molecule has 0 bridgehead atoms. The highest BCUT2D eigenvalue weighted by Crippen LogP contribution is 2.12. The number of hydrogen-bond acceptors (Lipinski definition) is 4. The minimum atomic E-state index is -0.416. The molecule has 0 aliphatic carbocycles. The van der Waals surface area contributed by atoms with E-state index in [1.54, 1.807) is 12.1 Å². The van der Waals surface area contributed by atoms with Crippen LogP contribution < -0.4 is 15.4 Å². The fraction of sp³-hybridized carbons (Fsp3) is 0.500. The minimum absolute atomic E-state index is 0.0968. The lowest BCUT2D eigenvalue weighted by atomic mass is 10.1. The van der Waals surface area contributed by atoms with Gasteiger partial charge in [0, 0.05) is 12.3 Å². The highest BCUT2D eigenvalue weighted by atomic mass is 32.2. The molecule has 1 atom stereocenters. The first-order valence-corrected chi connectivity index (χ1v) is 8.84. The van der Waals surface area contributed by atoms with Gasteiger partial charge in [-0.3, -0.25) is 9.59 Å². The molecule has 5 nitrogen and oxygen atoms in total. The zero-order valence-corrected chi connectivity index (χ0v) is 13.7. The fourth-order valence-electron chi connectivity index (χ4n) is 2.23. The molecule has 126 valence electrons. The van der Waals surface area contributed by atoms with Crippen LogP contribution in [0.15, 0.2) is 24.3 Å². The minimum Gasteiger partial charge on any atom is -0.493 e. The lowest BCUT2D eigenvalue weighted by Gasteiger charge is -2.15. The maximum absolute atomic E-state index is 12.7. The van der Waals surface area contributed by atoms with Crippen LogP contribution in [-0.2, 0) is 9.59 Å². The smallest absolute Gasteiger partial charge is 0.242 e. The monoisotopic (exact) mass is 340 g/mol. The third-order valence-electron chi connectivity index (χ3n) is 3.41. The number of rotatable bonds is 7. The summed E-state index contributed by atoms with van der Waals surface area (Å²) in [6.45, 7) is 1.12. The Morgan fingerprint density at radius 2 is 2.13 bits per heavy atom. The molecule has 1 aromatic rings. The van der Waals surface area contributed by atoms with Crippen molar-refractivity contribution in [2.24, 2.45) is 0 Å². The third-order valence-corrected chi connectivity index (χ3v) is 4.34. The standard InChI is InChI=1S/C16H21FN2O3S/c17-12-4-6-13(7-5-12)22-9-10-23-11-15(20)19-14-3-1-2-8-18-16(14)21/h4-7,14H,1-3,8-11H2,(H,18,21)(H,19,20)/t14-/m0/s1. The van der Waals surface area contributed by atoms with E-state index in [9.17, 15) is 14.0 Å². The molecule has 2 N–H and O–H groups in total. The van der Waals surface area contributed by atoms with Crippen molar-refractivity contribution < 1.29 is 18.7 Å². The van der Waals surface area contributed by atoms with Crippen molar-refractivity contribution in [2.45, 2.75) is 25.3 Å². The Balaban J connectivity index is 1.59. The first kappa shape index (κ1) is 17.6. The highest BCUT2D eigenvalue weighted by molar-refractivity contribution is 7.99. The largest absolute Gasteiger partial charge is 0.493 e. The fourth-order valence-corrected chi connectivity index (χ4v) is 2.84. The predicted octanol–water partition coefficient (Wildman–Crippen LogP) is 1.72. The zero-order valence-electron chi connectivity index (χ0n) is 12.8. The van der Waals surface area contributed by atoms with Crippen molar-refractivity contribution in [1.29, 1.82) is 0 Å². The molecule has 0 saturated carbocycles. The van der Waals surface area contributed by atoms with E-state index >= 15 is 0 Å². The van der Waals surface area contributed by atoms with Gasteiger partial charge >= 0.3 is 0 Å². The van der Waals surface area contributed by atoms with Crippen LogP contribution in [-0.4, -0.2) is 42.5 Å². The quantitative estimate of drug-likeness (QED) is 0.742. The average Bonchev–Trinajstić information content (AvgIpc) is 2.74. The van der Waals surface area contributed by atoms with E-state index in [2.05, 4.69) is 10.6 Å². The summed E-state index contributed by atoms with van der Waals surface area (Å²) < 4.78 is 18.2. The molecular weight excluding hydrogens is 319 g/mol. The second kappa shape index (κ2) is 9.39. The van der Waals surface area contributed by atoms with Crippen LogP contribution in [0.2, 0.25) is 0 Å². The number of amides is 2. The molecule has 1 aliphatic rings. The van der Waals surface area contributed by atoms with Crippen molar-refractivity contribution in [3.8, 4) is 5.75 Å². The Bertz CT molecular complexity index is 525. The van der Waals surface area contributed by atoms with Crippen LogP contribution in [0.4, 0.5) is 4.39 Å². The molecule has 2 amide bonds. The molecule has 1 aromatic carbocycles. The van der Waals surface area contributed by atoms with Crippen molar-refractivity contribution in [3.63, 3.8) is 0 Å². The van der Waals surface area contributed by atoms with Crippen molar-refractivity contribution in [1.82, 2.24) is 10.6 Å².